The minimum absolute atomic E-state index is 0.0200. The molecular formula is C20H16F2N2O5. The van der Waals surface area contributed by atoms with Crippen molar-refractivity contribution in [3.8, 4) is 0 Å². The van der Waals surface area contributed by atoms with Gasteiger partial charge in [0.15, 0.2) is 6.10 Å². The molecule has 0 aromatic heterocycles. The summed E-state index contributed by atoms with van der Waals surface area (Å²) in [7, 11) is 0. The Morgan fingerprint density at radius 1 is 1.07 bits per heavy atom. The van der Waals surface area contributed by atoms with Crippen LogP contribution in [-0.4, -0.2) is 29.8 Å². The van der Waals surface area contributed by atoms with Gasteiger partial charge < -0.3 is 10.1 Å². The van der Waals surface area contributed by atoms with Gasteiger partial charge in [0.1, 0.15) is 11.6 Å². The van der Waals surface area contributed by atoms with Crippen LogP contribution in [0.2, 0.25) is 0 Å². The largest absolute Gasteiger partial charge is 0.449 e. The van der Waals surface area contributed by atoms with Crippen LogP contribution < -0.4 is 10.2 Å². The van der Waals surface area contributed by atoms with Crippen LogP contribution in [0.25, 0.3) is 0 Å². The van der Waals surface area contributed by atoms with Crippen LogP contribution in [0, 0.1) is 11.6 Å². The van der Waals surface area contributed by atoms with E-state index in [1.54, 1.807) is 0 Å². The molecule has 2 aromatic carbocycles. The maximum atomic E-state index is 13.6. The van der Waals surface area contributed by atoms with Gasteiger partial charge in [-0.3, -0.25) is 19.3 Å². The fourth-order valence-corrected chi connectivity index (χ4v) is 2.75. The van der Waals surface area contributed by atoms with Crippen molar-refractivity contribution in [1.82, 2.24) is 0 Å². The lowest BCUT2D eigenvalue weighted by atomic mass is 10.2. The van der Waals surface area contributed by atoms with E-state index in [9.17, 15) is 28.0 Å². The molecular weight excluding hydrogens is 386 g/mol. The van der Waals surface area contributed by atoms with Gasteiger partial charge in [-0.2, -0.15) is 0 Å². The molecule has 0 aliphatic carbocycles. The zero-order valence-electron chi connectivity index (χ0n) is 15.3. The van der Waals surface area contributed by atoms with Gasteiger partial charge in [0, 0.05) is 18.9 Å². The quantitative estimate of drug-likeness (QED) is 0.613. The van der Waals surface area contributed by atoms with Crippen LogP contribution in [-0.2, 0) is 19.1 Å². The van der Waals surface area contributed by atoms with E-state index in [0.29, 0.717) is 0 Å². The van der Waals surface area contributed by atoms with Gasteiger partial charge in [0.05, 0.1) is 16.9 Å². The fraction of sp³-hybridized carbons (Fsp3) is 0.200. The molecule has 150 valence electrons. The van der Waals surface area contributed by atoms with E-state index in [2.05, 4.69) is 5.32 Å². The van der Waals surface area contributed by atoms with E-state index in [1.807, 2.05) is 0 Å². The van der Waals surface area contributed by atoms with Crippen molar-refractivity contribution in [2.75, 3.05) is 10.2 Å². The Bertz CT molecular complexity index is 992. The zero-order chi connectivity index (χ0) is 21.1. The van der Waals surface area contributed by atoms with Gasteiger partial charge in [0.25, 0.3) is 5.91 Å². The number of nitrogens with zero attached hydrogens (tertiary/aromatic N) is 1. The van der Waals surface area contributed by atoms with Crippen LogP contribution in [0.15, 0.2) is 42.5 Å². The van der Waals surface area contributed by atoms with Crippen molar-refractivity contribution in [3.63, 3.8) is 0 Å². The third-order valence-electron chi connectivity index (χ3n) is 4.23. The average molecular weight is 402 g/mol. The summed E-state index contributed by atoms with van der Waals surface area (Å²) in [6.45, 7) is 1.27. The molecule has 9 heteroatoms. The molecule has 3 amide bonds. The Hall–Kier alpha value is -3.62. The second-order valence-corrected chi connectivity index (χ2v) is 6.33. The zero-order valence-corrected chi connectivity index (χ0v) is 15.3. The normalized spacial score (nSPS) is 14.7. The van der Waals surface area contributed by atoms with E-state index in [1.165, 1.54) is 31.2 Å². The molecule has 1 N–H and O–H groups in total. The molecule has 0 unspecified atom stereocenters. The SMILES string of the molecule is C[C@H](OC(=O)c1cccc(N2C(=O)CCC2=O)c1)C(=O)Nc1cc(F)ccc1F. The highest BCUT2D eigenvalue weighted by Crippen LogP contribution is 2.24. The molecule has 1 saturated heterocycles. The number of hydrogen-bond donors (Lipinski definition) is 1. The summed E-state index contributed by atoms with van der Waals surface area (Å²) in [6, 6.07) is 8.23. The number of esters is 1. The van der Waals surface area contributed by atoms with Crippen LogP contribution >= 0.6 is 0 Å². The number of halogens is 2. The maximum Gasteiger partial charge on any atom is 0.338 e. The molecule has 1 aliphatic heterocycles. The highest BCUT2D eigenvalue weighted by Gasteiger charge is 2.31. The second-order valence-electron chi connectivity index (χ2n) is 6.33. The summed E-state index contributed by atoms with van der Waals surface area (Å²) in [4.78, 5) is 49.1. The third-order valence-corrected chi connectivity index (χ3v) is 4.23. The van der Waals surface area contributed by atoms with Gasteiger partial charge in [-0.25, -0.2) is 13.6 Å². The molecule has 0 bridgehead atoms. The van der Waals surface area contributed by atoms with E-state index >= 15 is 0 Å². The number of amides is 3. The molecule has 3 rings (SSSR count). The molecule has 2 aromatic rings. The summed E-state index contributed by atoms with van der Waals surface area (Å²) < 4.78 is 31.9. The summed E-state index contributed by atoms with van der Waals surface area (Å²) in [5.74, 6) is -4.06. The lowest BCUT2D eigenvalue weighted by Gasteiger charge is -2.16. The highest BCUT2D eigenvalue weighted by atomic mass is 19.1. The van der Waals surface area contributed by atoms with Gasteiger partial charge in [-0.1, -0.05) is 6.07 Å². The molecule has 0 radical (unpaired) electrons. The number of ether oxygens (including phenoxy) is 1. The van der Waals surface area contributed by atoms with Crippen molar-refractivity contribution in [2.24, 2.45) is 0 Å². The summed E-state index contributed by atoms with van der Waals surface area (Å²) >= 11 is 0. The van der Waals surface area contributed by atoms with E-state index in [0.717, 1.165) is 23.1 Å². The number of carbonyl (C=O) groups excluding carboxylic acids is 4. The summed E-state index contributed by atoms with van der Waals surface area (Å²) in [5, 5.41) is 2.15. The highest BCUT2D eigenvalue weighted by molar-refractivity contribution is 6.20. The molecule has 1 heterocycles. The number of hydrogen-bond acceptors (Lipinski definition) is 5. The number of rotatable bonds is 5. The first-order valence-electron chi connectivity index (χ1n) is 8.69. The molecule has 0 spiro atoms. The molecule has 7 nitrogen and oxygen atoms in total. The number of imide groups is 1. The van der Waals surface area contributed by atoms with E-state index < -0.39 is 29.6 Å². The Labute approximate surface area is 164 Å². The van der Waals surface area contributed by atoms with Crippen molar-refractivity contribution in [3.05, 3.63) is 59.7 Å². The number of carbonyl (C=O) groups is 4. The van der Waals surface area contributed by atoms with Crippen molar-refractivity contribution in [2.45, 2.75) is 25.9 Å². The molecule has 29 heavy (non-hydrogen) atoms. The number of nitrogens with one attached hydrogen (secondary N) is 1. The lowest BCUT2D eigenvalue weighted by molar-refractivity contribution is -0.124. The average Bonchev–Trinajstić information content (AvgIpc) is 3.02. The predicted octanol–water partition coefficient (Wildman–Crippen LogP) is 2.80. The van der Waals surface area contributed by atoms with E-state index in [4.69, 9.17) is 4.74 Å². The first kappa shape index (κ1) is 20.1. The minimum atomic E-state index is -1.32. The number of anilines is 2. The number of benzene rings is 2. The van der Waals surface area contributed by atoms with Crippen molar-refractivity contribution in [1.29, 1.82) is 0 Å². The van der Waals surface area contributed by atoms with Crippen molar-refractivity contribution < 1.29 is 32.7 Å². The first-order valence-corrected chi connectivity index (χ1v) is 8.69. The van der Waals surface area contributed by atoms with Crippen LogP contribution in [0.5, 0.6) is 0 Å². The second kappa shape index (κ2) is 8.17. The van der Waals surface area contributed by atoms with Gasteiger partial charge in [-0.05, 0) is 37.3 Å². The fourth-order valence-electron chi connectivity index (χ4n) is 2.75. The summed E-state index contributed by atoms with van der Waals surface area (Å²) in [5.41, 5.74) is -0.136. The molecule has 1 aliphatic rings. The standard InChI is InChI=1S/C20H16F2N2O5/c1-11(19(27)23-16-10-13(21)5-6-15(16)22)29-20(28)12-3-2-4-14(9-12)24-17(25)7-8-18(24)26/h2-6,9-11H,7-8H2,1H3,(H,23,27)/t11-/m0/s1. The third kappa shape index (κ3) is 4.45. The monoisotopic (exact) mass is 402 g/mol. The van der Waals surface area contributed by atoms with Gasteiger partial charge in [-0.15, -0.1) is 0 Å². The Morgan fingerprint density at radius 3 is 2.45 bits per heavy atom. The lowest BCUT2D eigenvalue weighted by Crippen LogP contribution is -2.31. The van der Waals surface area contributed by atoms with Gasteiger partial charge >= 0.3 is 5.97 Å². The molecule has 1 fully saturated rings. The first-order chi connectivity index (χ1) is 13.8. The Morgan fingerprint density at radius 2 is 1.76 bits per heavy atom. The predicted molar refractivity (Wildman–Crippen MR) is 98.0 cm³/mol. The minimum Gasteiger partial charge on any atom is -0.449 e. The molecule has 0 saturated carbocycles. The molecule has 1 atom stereocenters. The van der Waals surface area contributed by atoms with Gasteiger partial charge in [0.2, 0.25) is 11.8 Å². The van der Waals surface area contributed by atoms with Crippen LogP contribution in [0.1, 0.15) is 30.1 Å². The smallest absolute Gasteiger partial charge is 0.338 e. The van der Waals surface area contributed by atoms with Crippen molar-refractivity contribution >= 4 is 35.1 Å². The topological polar surface area (TPSA) is 92.8 Å². The van der Waals surface area contributed by atoms with E-state index in [-0.39, 0.29) is 41.6 Å². The Balaban J connectivity index is 1.69. The van der Waals surface area contributed by atoms with Crippen LogP contribution in [0.4, 0.5) is 20.2 Å². The maximum absolute atomic E-state index is 13.6. The van der Waals surface area contributed by atoms with Crippen LogP contribution in [0.3, 0.4) is 0 Å². The summed E-state index contributed by atoms with van der Waals surface area (Å²) in [6.07, 6.45) is -1.12. The Kier molecular flexibility index (Phi) is 5.67.